The monoisotopic (exact) mass is 441 g/mol. The minimum Gasteiger partial charge on any atom is -0.481 e. The Morgan fingerprint density at radius 2 is 2.04 bits per heavy atom. The summed E-state index contributed by atoms with van der Waals surface area (Å²) in [5.74, 6) is -2.59. The summed E-state index contributed by atoms with van der Waals surface area (Å²) >= 11 is 6.84. The van der Waals surface area contributed by atoms with E-state index in [1.807, 2.05) is 18.2 Å². The first kappa shape index (κ1) is 16.5. The molecule has 120 valence electrons. The van der Waals surface area contributed by atoms with E-state index in [4.69, 9.17) is 4.74 Å². The number of carbonyl (C=O) groups excluding carboxylic acids is 1. The number of Topliss-reactive ketones (excluding diaryl/α,β-unsaturated/α-hetero) is 1. The van der Waals surface area contributed by atoms with Crippen LogP contribution < -0.4 is 0 Å². The van der Waals surface area contributed by atoms with Crippen LogP contribution in [-0.2, 0) is 14.3 Å². The van der Waals surface area contributed by atoms with Crippen LogP contribution in [0.2, 0.25) is 0 Å². The molecule has 2 aliphatic heterocycles. The summed E-state index contributed by atoms with van der Waals surface area (Å²) in [5, 5.41) is 9.67. The zero-order chi connectivity index (χ0) is 16.7. The van der Waals surface area contributed by atoms with E-state index in [0.717, 1.165) is 14.5 Å². The van der Waals surface area contributed by atoms with Crippen LogP contribution >= 0.6 is 31.9 Å². The number of hydrogen-bond donors (Lipinski definition) is 1. The lowest BCUT2D eigenvalue weighted by atomic mass is 9.74. The topological polar surface area (TPSA) is 76.0 Å². The maximum absolute atomic E-state index is 12.4. The van der Waals surface area contributed by atoms with Crippen molar-refractivity contribution in [2.24, 2.45) is 10.9 Å². The number of hydrogen-bond acceptors (Lipinski definition) is 4. The summed E-state index contributed by atoms with van der Waals surface area (Å²) in [6, 6.07) is 5.52. The number of carbonyl (C=O) groups is 2. The van der Waals surface area contributed by atoms with Gasteiger partial charge in [-0.2, -0.15) is 0 Å². The van der Waals surface area contributed by atoms with Crippen molar-refractivity contribution >= 4 is 49.3 Å². The number of aliphatic carboxylic acids is 1. The van der Waals surface area contributed by atoms with Gasteiger partial charge in [0.25, 0.3) is 0 Å². The van der Waals surface area contributed by atoms with Crippen molar-refractivity contribution < 1.29 is 19.4 Å². The van der Waals surface area contributed by atoms with Gasteiger partial charge in [-0.25, -0.2) is 0 Å². The molecule has 0 fully saturated rings. The number of ether oxygens (including phenoxy) is 1. The van der Waals surface area contributed by atoms with Crippen LogP contribution in [0.5, 0.6) is 0 Å². The number of carboxylic acid groups (broad SMARTS) is 1. The average molecular weight is 443 g/mol. The molecule has 0 amide bonds. The smallest absolute Gasteiger partial charge is 0.313 e. The third-order valence-corrected chi connectivity index (χ3v) is 5.94. The lowest BCUT2D eigenvalue weighted by Crippen LogP contribution is -2.38. The van der Waals surface area contributed by atoms with Crippen LogP contribution in [0, 0.1) is 5.92 Å². The molecular formula is C16H13Br2NO4. The summed E-state index contributed by atoms with van der Waals surface area (Å²) < 4.78 is 6.91. The van der Waals surface area contributed by atoms with Gasteiger partial charge in [-0.1, -0.05) is 6.07 Å². The van der Waals surface area contributed by atoms with Crippen LogP contribution in [0.1, 0.15) is 18.4 Å². The highest BCUT2D eigenvalue weighted by molar-refractivity contribution is 9.13. The molecule has 0 saturated carbocycles. The number of ketones is 1. The predicted molar refractivity (Wildman–Crippen MR) is 91.7 cm³/mol. The largest absolute Gasteiger partial charge is 0.481 e. The van der Waals surface area contributed by atoms with E-state index in [2.05, 4.69) is 36.9 Å². The molecule has 3 rings (SSSR count). The average Bonchev–Trinajstić information content (AvgIpc) is 2.48. The van der Waals surface area contributed by atoms with Gasteiger partial charge >= 0.3 is 5.97 Å². The molecule has 2 unspecified atom stereocenters. The molecule has 23 heavy (non-hydrogen) atoms. The van der Waals surface area contributed by atoms with Gasteiger partial charge in [0, 0.05) is 26.1 Å². The van der Waals surface area contributed by atoms with E-state index in [1.54, 1.807) is 6.92 Å². The van der Waals surface area contributed by atoms with E-state index in [0.29, 0.717) is 17.0 Å². The number of rotatable bonds is 2. The fraction of sp³-hybridized carbons (Fsp3) is 0.312. The predicted octanol–water partition coefficient (Wildman–Crippen LogP) is 3.32. The molecule has 1 aromatic rings. The van der Waals surface area contributed by atoms with Crippen molar-refractivity contribution in [3.63, 3.8) is 0 Å². The first-order valence-electron chi connectivity index (χ1n) is 6.97. The van der Waals surface area contributed by atoms with Crippen molar-refractivity contribution in [2.45, 2.75) is 12.8 Å². The van der Waals surface area contributed by atoms with Gasteiger partial charge in [-0.3, -0.25) is 14.6 Å². The van der Waals surface area contributed by atoms with Crippen LogP contribution in [0.25, 0.3) is 0 Å². The Hall–Kier alpha value is -1.31. The first-order valence-corrected chi connectivity index (χ1v) is 8.55. The van der Waals surface area contributed by atoms with E-state index in [9.17, 15) is 14.7 Å². The van der Waals surface area contributed by atoms with E-state index in [1.165, 1.54) is 0 Å². The minimum atomic E-state index is -0.985. The second-order valence-corrected chi connectivity index (χ2v) is 7.21. The van der Waals surface area contributed by atoms with E-state index < -0.39 is 17.8 Å². The Morgan fingerprint density at radius 3 is 2.70 bits per heavy atom. The Balaban J connectivity index is 2.20. The van der Waals surface area contributed by atoms with Crippen molar-refractivity contribution in [1.82, 2.24) is 0 Å². The number of benzene rings is 1. The molecule has 0 radical (unpaired) electrons. The lowest BCUT2D eigenvalue weighted by Gasteiger charge is -2.33. The van der Waals surface area contributed by atoms with Crippen molar-refractivity contribution in [1.29, 1.82) is 0 Å². The molecule has 2 atom stereocenters. The lowest BCUT2D eigenvalue weighted by molar-refractivity contribution is -0.139. The summed E-state index contributed by atoms with van der Waals surface area (Å²) in [6.07, 6.45) is 0. The molecule has 0 saturated heterocycles. The van der Waals surface area contributed by atoms with Gasteiger partial charge in [0.05, 0.1) is 12.3 Å². The summed E-state index contributed by atoms with van der Waals surface area (Å²) in [7, 11) is 0. The zero-order valence-corrected chi connectivity index (χ0v) is 15.3. The van der Waals surface area contributed by atoms with Gasteiger partial charge in [0.2, 0.25) is 0 Å². The van der Waals surface area contributed by atoms with Crippen molar-refractivity contribution in [3.05, 3.63) is 44.0 Å². The third-order valence-electron chi connectivity index (χ3n) is 4.06. The van der Waals surface area contributed by atoms with Crippen molar-refractivity contribution in [2.75, 3.05) is 13.2 Å². The summed E-state index contributed by atoms with van der Waals surface area (Å²) in [6.45, 7) is 1.88. The SMILES string of the molecule is CC1=NC2=C(C(=O)COC2)C(c2ccc(Br)c(Br)c2)C1C(=O)O. The van der Waals surface area contributed by atoms with Crippen LogP contribution in [0.4, 0.5) is 0 Å². The van der Waals surface area contributed by atoms with Crippen LogP contribution in [-0.4, -0.2) is 35.8 Å². The maximum atomic E-state index is 12.4. The van der Waals surface area contributed by atoms with Gasteiger partial charge in [0.15, 0.2) is 5.78 Å². The molecular weight excluding hydrogens is 430 g/mol. The first-order chi connectivity index (χ1) is 10.9. The number of nitrogens with zero attached hydrogens (tertiary/aromatic N) is 1. The molecule has 0 aromatic heterocycles. The summed E-state index contributed by atoms with van der Waals surface area (Å²) in [4.78, 5) is 28.5. The molecule has 1 aromatic carbocycles. The van der Waals surface area contributed by atoms with Gasteiger partial charge in [-0.05, 0) is 56.5 Å². The second kappa shape index (κ2) is 6.30. The van der Waals surface area contributed by atoms with Crippen LogP contribution in [0.3, 0.4) is 0 Å². The van der Waals surface area contributed by atoms with Crippen molar-refractivity contribution in [3.8, 4) is 0 Å². The van der Waals surface area contributed by atoms with Gasteiger partial charge in [-0.15, -0.1) is 0 Å². The normalized spacial score (nSPS) is 24.3. The van der Waals surface area contributed by atoms with Gasteiger partial charge in [0.1, 0.15) is 12.5 Å². The highest BCUT2D eigenvalue weighted by Crippen LogP contribution is 2.42. The van der Waals surface area contributed by atoms with E-state index in [-0.39, 0.29) is 19.0 Å². The summed E-state index contributed by atoms with van der Waals surface area (Å²) in [5.41, 5.74) is 2.26. The van der Waals surface area contributed by atoms with E-state index >= 15 is 0 Å². The number of aliphatic imine (C=N–C) groups is 1. The second-order valence-electron chi connectivity index (χ2n) is 5.50. The standard InChI is InChI=1S/C16H13Br2NO4/c1-7-13(16(21)22)14(8-2-3-9(17)10(18)4-8)15-11(19-7)5-23-6-12(15)20/h2-4,13-14H,5-6H2,1H3,(H,21,22). The van der Waals surface area contributed by atoms with Crippen LogP contribution in [0.15, 0.2) is 43.4 Å². The molecule has 2 heterocycles. The zero-order valence-electron chi connectivity index (χ0n) is 12.2. The Morgan fingerprint density at radius 1 is 1.30 bits per heavy atom. The Kier molecular flexibility index (Phi) is 4.53. The quantitative estimate of drug-likeness (QED) is 0.762. The molecule has 2 aliphatic rings. The molecule has 5 nitrogen and oxygen atoms in total. The molecule has 0 bridgehead atoms. The molecule has 7 heteroatoms. The Bertz CT molecular complexity index is 769. The fourth-order valence-electron chi connectivity index (χ4n) is 3.08. The highest BCUT2D eigenvalue weighted by atomic mass is 79.9. The van der Waals surface area contributed by atoms with Gasteiger partial charge < -0.3 is 9.84 Å². The minimum absolute atomic E-state index is 0.0338. The third kappa shape index (κ3) is 2.93. The highest BCUT2D eigenvalue weighted by Gasteiger charge is 2.42. The Labute approximate surface area is 149 Å². The number of halogens is 2. The molecule has 0 aliphatic carbocycles. The molecule has 0 spiro atoms. The fourth-order valence-corrected chi connectivity index (χ4v) is 3.72. The number of carboxylic acids is 1. The molecule has 1 N–H and O–H groups in total. The maximum Gasteiger partial charge on any atom is 0.313 e.